The lowest BCUT2D eigenvalue weighted by molar-refractivity contribution is -0.0523. The lowest BCUT2D eigenvalue weighted by Crippen LogP contribution is -2.46. The number of aryl methyl sites for hydroxylation is 1. The molecule has 1 heterocycles. The predicted octanol–water partition coefficient (Wildman–Crippen LogP) is 4.85. The van der Waals surface area contributed by atoms with Crippen molar-refractivity contribution in [2.45, 2.75) is 51.9 Å². The molecule has 19 heavy (non-hydrogen) atoms. The van der Waals surface area contributed by atoms with E-state index in [1.807, 2.05) is 0 Å². The minimum absolute atomic E-state index is 0.391. The lowest BCUT2D eigenvalue weighted by Gasteiger charge is -2.56. The van der Waals surface area contributed by atoms with Gasteiger partial charge in [0.15, 0.2) is 5.78 Å². The molecule has 0 amide bonds. The van der Waals surface area contributed by atoms with E-state index in [4.69, 9.17) is 0 Å². The molecule has 0 aromatic carbocycles. The summed E-state index contributed by atoms with van der Waals surface area (Å²) in [7, 11) is 0. The standard InChI is InChI=1S/C17H22OS/c1-11-2-3-19-16(11)15(18)10-17-7-12-4-13(8-17)6-14(5-12)9-17/h2-3,12-14H,4-10H2,1H3. The van der Waals surface area contributed by atoms with Crippen LogP contribution in [-0.2, 0) is 0 Å². The molecule has 2 heteroatoms. The molecule has 0 atom stereocenters. The van der Waals surface area contributed by atoms with Crippen molar-refractivity contribution in [1.82, 2.24) is 0 Å². The maximum absolute atomic E-state index is 12.6. The Labute approximate surface area is 119 Å². The monoisotopic (exact) mass is 274 g/mol. The molecule has 4 aliphatic carbocycles. The lowest BCUT2D eigenvalue weighted by atomic mass is 9.48. The Morgan fingerprint density at radius 3 is 2.26 bits per heavy atom. The molecule has 0 saturated heterocycles. The van der Waals surface area contributed by atoms with Crippen molar-refractivity contribution in [3.05, 3.63) is 21.9 Å². The molecule has 102 valence electrons. The third-order valence-corrected chi connectivity index (χ3v) is 6.87. The van der Waals surface area contributed by atoms with Gasteiger partial charge in [-0.1, -0.05) is 0 Å². The van der Waals surface area contributed by atoms with Crippen molar-refractivity contribution in [3.8, 4) is 0 Å². The fraction of sp³-hybridized carbons (Fsp3) is 0.706. The number of Topliss-reactive ketones (excluding diaryl/α,β-unsaturated/α-hetero) is 1. The highest BCUT2D eigenvalue weighted by Crippen LogP contribution is 2.61. The topological polar surface area (TPSA) is 17.1 Å². The van der Waals surface area contributed by atoms with Gasteiger partial charge in [0.25, 0.3) is 0 Å². The van der Waals surface area contributed by atoms with Crippen LogP contribution in [0.3, 0.4) is 0 Å². The fourth-order valence-corrected chi connectivity index (χ4v) is 6.45. The highest BCUT2D eigenvalue weighted by Gasteiger charge is 2.51. The van der Waals surface area contributed by atoms with Gasteiger partial charge in [-0.3, -0.25) is 4.79 Å². The molecule has 0 aliphatic heterocycles. The molecule has 4 bridgehead atoms. The quantitative estimate of drug-likeness (QED) is 0.720. The van der Waals surface area contributed by atoms with E-state index in [-0.39, 0.29) is 0 Å². The van der Waals surface area contributed by atoms with E-state index < -0.39 is 0 Å². The van der Waals surface area contributed by atoms with Crippen LogP contribution in [0, 0.1) is 30.1 Å². The van der Waals surface area contributed by atoms with Crippen molar-refractivity contribution >= 4 is 17.1 Å². The molecular weight excluding hydrogens is 252 g/mol. The van der Waals surface area contributed by atoms with E-state index in [9.17, 15) is 4.79 Å². The van der Waals surface area contributed by atoms with Crippen molar-refractivity contribution in [2.75, 3.05) is 0 Å². The van der Waals surface area contributed by atoms with Crippen molar-refractivity contribution in [2.24, 2.45) is 23.2 Å². The number of hydrogen-bond acceptors (Lipinski definition) is 2. The second kappa shape index (κ2) is 4.18. The Bertz CT molecular complexity index is 478. The first kappa shape index (κ1) is 12.1. The maximum atomic E-state index is 12.6. The van der Waals surface area contributed by atoms with Crippen LogP contribution in [0.4, 0.5) is 0 Å². The van der Waals surface area contributed by atoms with Crippen molar-refractivity contribution in [1.29, 1.82) is 0 Å². The number of thiophene rings is 1. The molecule has 4 saturated carbocycles. The summed E-state index contributed by atoms with van der Waals surface area (Å²) < 4.78 is 0. The van der Waals surface area contributed by atoms with Crippen LogP contribution in [0.1, 0.15) is 60.2 Å². The Morgan fingerprint density at radius 1 is 1.21 bits per heavy atom. The summed E-state index contributed by atoms with van der Waals surface area (Å²) in [5.41, 5.74) is 1.57. The van der Waals surface area contributed by atoms with Gasteiger partial charge >= 0.3 is 0 Å². The largest absolute Gasteiger partial charge is 0.293 e. The minimum atomic E-state index is 0.391. The SMILES string of the molecule is Cc1ccsc1C(=O)CC12CC3CC(CC(C3)C1)C2. The van der Waals surface area contributed by atoms with E-state index in [1.165, 1.54) is 44.1 Å². The highest BCUT2D eigenvalue weighted by atomic mass is 32.1. The average Bonchev–Trinajstić information content (AvgIpc) is 2.72. The first-order valence-corrected chi connectivity index (χ1v) is 8.59. The van der Waals surface area contributed by atoms with Crippen LogP contribution >= 0.6 is 11.3 Å². The second-order valence-corrected chi connectivity index (χ2v) is 8.37. The fourth-order valence-electron chi connectivity index (χ4n) is 5.59. The highest BCUT2D eigenvalue weighted by molar-refractivity contribution is 7.12. The van der Waals surface area contributed by atoms with Gasteiger partial charge in [-0.05, 0) is 85.6 Å². The predicted molar refractivity (Wildman–Crippen MR) is 78.6 cm³/mol. The number of rotatable bonds is 3. The molecule has 1 aromatic rings. The molecule has 0 N–H and O–H groups in total. The summed E-state index contributed by atoms with van der Waals surface area (Å²) in [4.78, 5) is 13.6. The summed E-state index contributed by atoms with van der Waals surface area (Å²) in [5.74, 6) is 3.27. The number of ketones is 1. The van der Waals surface area contributed by atoms with Gasteiger partial charge in [0.05, 0.1) is 4.88 Å². The maximum Gasteiger partial charge on any atom is 0.173 e. The molecule has 0 radical (unpaired) electrons. The normalized spacial score (nSPS) is 39.7. The zero-order valence-electron chi connectivity index (χ0n) is 11.7. The van der Waals surface area contributed by atoms with Crippen LogP contribution in [0.5, 0.6) is 0 Å². The Hall–Kier alpha value is -0.630. The van der Waals surface area contributed by atoms with Gasteiger partial charge in [0, 0.05) is 6.42 Å². The molecule has 0 spiro atoms. The minimum Gasteiger partial charge on any atom is -0.293 e. The second-order valence-electron chi connectivity index (χ2n) is 7.45. The third-order valence-electron chi connectivity index (χ3n) is 5.82. The van der Waals surface area contributed by atoms with Crippen LogP contribution in [-0.4, -0.2) is 5.78 Å². The molecule has 5 rings (SSSR count). The van der Waals surface area contributed by atoms with Crippen molar-refractivity contribution in [3.63, 3.8) is 0 Å². The van der Waals surface area contributed by atoms with Gasteiger partial charge in [-0.25, -0.2) is 0 Å². The molecule has 4 fully saturated rings. The molecule has 0 unspecified atom stereocenters. The van der Waals surface area contributed by atoms with E-state index in [0.717, 1.165) is 29.1 Å². The summed E-state index contributed by atoms with van der Waals surface area (Å²) in [6.07, 6.45) is 9.25. The summed E-state index contributed by atoms with van der Waals surface area (Å²) in [6.45, 7) is 2.07. The number of hydrogen-bond donors (Lipinski definition) is 0. The first-order valence-electron chi connectivity index (χ1n) is 7.71. The van der Waals surface area contributed by atoms with Gasteiger partial charge in [-0.15, -0.1) is 11.3 Å². The van der Waals surface area contributed by atoms with Gasteiger partial charge in [-0.2, -0.15) is 0 Å². The summed E-state index contributed by atoms with van der Waals surface area (Å²) in [6, 6.07) is 2.08. The molecular formula is C17H22OS. The van der Waals surface area contributed by atoms with Gasteiger partial charge in [0.2, 0.25) is 0 Å². The average molecular weight is 274 g/mol. The Kier molecular flexibility index (Phi) is 2.67. The van der Waals surface area contributed by atoms with E-state index in [1.54, 1.807) is 11.3 Å². The summed E-state index contributed by atoms with van der Waals surface area (Å²) in [5, 5.41) is 2.06. The zero-order valence-corrected chi connectivity index (χ0v) is 12.5. The number of carbonyl (C=O) groups excluding carboxylic acids is 1. The number of carbonyl (C=O) groups is 1. The van der Waals surface area contributed by atoms with Crippen LogP contribution in [0.2, 0.25) is 0 Å². The van der Waals surface area contributed by atoms with Crippen LogP contribution in [0.25, 0.3) is 0 Å². The Balaban J connectivity index is 1.56. The third kappa shape index (κ3) is 1.99. The molecule has 1 aromatic heterocycles. The summed E-state index contributed by atoms with van der Waals surface area (Å²) >= 11 is 1.64. The first-order chi connectivity index (χ1) is 9.13. The van der Waals surface area contributed by atoms with Gasteiger partial charge in [0.1, 0.15) is 0 Å². The van der Waals surface area contributed by atoms with E-state index in [0.29, 0.717) is 11.2 Å². The van der Waals surface area contributed by atoms with Crippen LogP contribution < -0.4 is 0 Å². The van der Waals surface area contributed by atoms with Gasteiger partial charge < -0.3 is 0 Å². The van der Waals surface area contributed by atoms with Crippen molar-refractivity contribution < 1.29 is 4.79 Å². The molecule has 1 nitrogen and oxygen atoms in total. The molecule has 4 aliphatic rings. The Morgan fingerprint density at radius 2 is 1.79 bits per heavy atom. The van der Waals surface area contributed by atoms with E-state index in [2.05, 4.69) is 18.4 Å². The smallest absolute Gasteiger partial charge is 0.173 e. The van der Waals surface area contributed by atoms with E-state index >= 15 is 0 Å². The zero-order chi connectivity index (χ0) is 13.0. The van der Waals surface area contributed by atoms with Crippen LogP contribution in [0.15, 0.2) is 11.4 Å².